The maximum absolute atomic E-state index is 12.0. The molecule has 2 aromatic rings. The molecule has 0 saturated heterocycles. The van der Waals surface area contributed by atoms with Crippen LogP contribution >= 0.6 is 11.6 Å². The van der Waals surface area contributed by atoms with E-state index >= 15 is 0 Å². The smallest absolute Gasteiger partial charge is 0.258 e. The first-order valence-corrected chi connectivity index (χ1v) is 7.54. The third-order valence-electron chi connectivity index (χ3n) is 2.53. The first-order chi connectivity index (χ1) is 9.90. The Hall–Kier alpha value is -2.04. The van der Waals surface area contributed by atoms with Gasteiger partial charge >= 0.3 is 0 Å². The molecule has 1 aromatic carbocycles. The van der Waals surface area contributed by atoms with Gasteiger partial charge in [-0.15, -0.1) is 5.10 Å². The number of halogens is 1. The summed E-state index contributed by atoms with van der Waals surface area (Å²) in [5.41, 5.74) is -0.462. The zero-order chi connectivity index (χ0) is 15.5. The van der Waals surface area contributed by atoms with Crippen LogP contribution in [-0.4, -0.2) is 34.9 Å². The van der Waals surface area contributed by atoms with Gasteiger partial charge in [-0.1, -0.05) is 16.8 Å². The van der Waals surface area contributed by atoms with E-state index in [2.05, 4.69) is 15.0 Å². The molecule has 1 aromatic heterocycles. The highest BCUT2D eigenvalue weighted by molar-refractivity contribution is 7.89. The maximum Gasteiger partial charge on any atom is 0.289 e. The van der Waals surface area contributed by atoms with Crippen molar-refractivity contribution in [3.8, 4) is 0 Å². The molecule has 0 aliphatic rings. The lowest BCUT2D eigenvalue weighted by atomic mass is 10.3. The van der Waals surface area contributed by atoms with Crippen LogP contribution in [0.5, 0.6) is 0 Å². The van der Waals surface area contributed by atoms with Crippen LogP contribution in [0.2, 0.25) is 5.02 Å². The van der Waals surface area contributed by atoms with E-state index in [-0.39, 0.29) is 23.0 Å². The second kappa shape index (κ2) is 6.16. The topological polar surface area (TPSA) is 120 Å². The van der Waals surface area contributed by atoms with Crippen LogP contribution in [0.3, 0.4) is 0 Å². The molecule has 21 heavy (non-hydrogen) atoms. The highest BCUT2D eigenvalue weighted by Crippen LogP contribution is 2.26. The summed E-state index contributed by atoms with van der Waals surface area (Å²) < 4.78 is 27.8. The summed E-state index contributed by atoms with van der Waals surface area (Å²) in [7, 11) is -3.86. The quantitative estimate of drug-likeness (QED) is 0.618. The molecular weight excluding hydrogens is 322 g/mol. The highest BCUT2D eigenvalue weighted by Gasteiger charge is 2.20. The highest BCUT2D eigenvalue weighted by atomic mass is 35.5. The fourth-order valence-corrected chi connectivity index (χ4v) is 2.76. The SMILES string of the molecule is O=[N+]([O-])c1cc(S(=O)(=O)NCCn2ccnn2)ccc1Cl. The van der Waals surface area contributed by atoms with E-state index in [9.17, 15) is 18.5 Å². The molecule has 0 fully saturated rings. The number of sulfonamides is 1. The van der Waals surface area contributed by atoms with Crippen molar-refractivity contribution in [3.63, 3.8) is 0 Å². The number of rotatable bonds is 6. The minimum absolute atomic E-state index is 0.0715. The van der Waals surface area contributed by atoms with Gasteiger partial charge in [0.2, 0.25) is 10.0 Å². The molecule has 1 heterocycles. The molecule has 1 N–H and O–H groups in total. The van der Waals surface area contributed by atoms with Gasteiger partial charge in [0, 0.05) is 18.8 Å². The number of nitro groups is 1. The summed E-state index contributed by atoms with van der Waals surface area (Å²) in [6, 6.07) is 3.29. The van der Waals surface area contributed by atoms with Crippen LogP contribution in [0, 0.1) is 10.1 Å². The molecule has 9 nitrogen and oxygen atoms in total. The summed E-state index contributed by atoms with van der Waals surface area (Å²) in [6.45, 7) is 0.358. The van der Waals surface area contributed by atoms with E-state index < -0.39 is 20.6 Å². The van der Waals surface area contributed by atoms with Crippen molar-refractivity contribution >= 4 is 27.3 Å². The minimum atomic E-state index is -3.86. The Bertz CT molecular complexity index is 747. The molecule has 0 spiro atoms. The second-order valence-corrected chi connectivity index (χ2v) is 6.11. The van der Waals surface area contributed by atoms with Crippen molar-refractivity contribution in [2.45, 2.75) is 11.4 Å². The van der Waals surface area contributed by atoms with Gasteiger partial charge in [-0.3, -0.25) is 14.8 Å². The molecule has 112 valence electrons. The number of hydrogen-bond donors (Lipinski definition) is 1. The molecule has 0 aliphatic carbocycles. The molecule has 0 unspecified atom stereocenters. The number of hydrogen-bond acceptors (Lipinski definition) is 6. The fraction of sp³-hybridized carbons (Fsp3) is 0.200. The number of aromatic nitrogens is 3. The number of nitro benzene ring substituents is 1. The van der Waals surface area contributed by atoms with Gasteiger partial charge < -0.3 is 0 Å². The summed E-state index contributed by atoms with van der Waals surface area (Å²) >= 11 is 5.64. The van der Waals surface area contributed by atoms with Crippen LogP contribution in [0.4, 0.5) is 5.69 Å². The van der Waals surface area contributed by atoms with Gasteiger partial charge in [-0.25, -0.2) is 13.1 Å². The lowest BCUT2D eigenvalue weighted by Crippen LogP contribution is -2.27. The molecule has 11 heteroatoms. The lowest BCUT2D eigenvalue weighted by molar-refractivity contribution is -0.384. The Morgan fingerprint density at radius 3 is 2.81 bits per heavy atom. The molecule has 0 aliphatic heterocycles. The Morgan fingerprint density at radius 2 is 2.19 bits per heavy atom. The Balaban J connectivity index is 2.12. The molecule has 0 bridgehead atoms. The first kappa shape index (κ1) is 15.4. The third kappa shape index (κ3) is 3.74. The van der Waals surface area contributed by atoms with Gasteiger partial charge in [0.1, 0.15) is 5.02 Å². The van der Waals surface area contributed by atoms with Crippen molar-refractivity contribution in [1.82, 2.24) is 19.7 Å². The van der Waals surface area contributed by atoms with Crippen LogP contribution < -0.4 is 4.72 Å². The van der Waals surface area contributed by atoms with Crippen LogP contribution in [0.25, 0.3) is 0 Å². The molecular formula is C10H10ClN5O4S. The van der Waals surface area contributed by atoms with Gasteiger partial charge in [-0.05, 0) is 12.1 Å². The maximum atomic E-state index is 12.0. The molecule has 0 amide bonds. The molecule has 0 atom stereocenters. The Kier molecular flexibility index (Phi) is 4.50. The standard InChI is InChI=1S/C10H10ClN5O4S/c11-9-2-1-8(7-10(9)16(17)18)21(19,20)13-4-6-15-5-3-12-14-15/h1-3,5,7,13H,4,6H2. The summed E-state index contributed by atoms with van der Waals surface area (Å²) in [5, 5.41) is 17.9. The van der Waals surface area contributed by atoms with E-state index in [1.807, 2.05) is 0 Å². The second-order valence-electron chi connectivity index (χ2n) is 3.93. The van der Waals surface area contributed by atoms with Gasteiger partial charge in [0.25, 0.3) is 5.69 Å². The van der Waals surface area contributed by atoms with Gasteiger partial charge in [-0.2, -0.15) is 0 Å². The average molecular weight is 332 g/mol. The summed E-state index contributed by atoms with van der Waals surface area (Å²) in [5.74, 6) is 0. The van der Waals surface area contributed by atoms with Gasteiger partial charge in [0.15, 0.2) is 0 Å². The Morgan fingerprint density at radius 1 is 1.43 bits per heavy atom. The summed E-state index contributed by atoms with van der Waals surface area (Å²) in [6.07, 6.45) is 3.05. The normalized spacial score (nSPS) is 11.5. The molecule has 0 radical (unpaired) electrons. The number of benzene rings is 1. The zero-order valence-electron chi connectivity index (χ0n) is 10.5. The zero-order valence-corrected chi connectivity index (χ0v) is 12.1. The molecule has 2 rings (SSSR count). The largest absolute Gasteiger partial charge is 0.289 e. The van der Waals surface area contributed by atoms with Gasteiger partial charge in [0.05, 0.1) is 22.6 Å². The van der Waals surface area contributed by atoms with Crippen molar-refractivity contribution < 1.29 is 13.3 Å². The van der Waals surface area contributed by atoms with E-state index in [4.69, 9.17) is 11.6 Å². The van der Waals surface area contributed by atoms with Crippen molar-refractivity contribution in [3.05, 3.63) is 45.7 Å². The third-order valence-corrected chi connectivity index (χ3v) is 4.31. The summed E-state index contributed by atoms with van der Waals surface area (Å²) in [4.78, 5) is 9.79. The van der Waals surface area contributed by atoms with Crippen molar-refractivity contribution in [2.75, 3.05) is 6.54 Å². The predicted molar refractivity (Wildman–Crippen MR) is 73.3 cm³/mol. The van der Waals surface area contributed by atoms with Crippen LogP contribution in [0.15, 0.2) is 35.5 Å². The minimum Gasteiger partial charge on any atom is -0.258 e. The van der Waals surface area contributed by atoms with Crippen LogP contribution in [0.1, 0.15) is 0 Å². The number of nitrogens with one attached hydrogen (secondary N) is 1. The monoisotopic (exact) mass is 331 g/mol. The van der Waals surface area contributed by atoms with Crippen LogP contribution in [-0.2, 0) is 16.6 Å². The fourth-order valence-electron chi connectivity index (χ4n) is 1.53. The van der Waals surface area contributed by atoms with Crippen molar-refractivity contribution in [2.24, 2.45) is 0 Å². The molecule has 0 saturated carbocycles. The first-order valence-electron chi connectivity index (χ1n) is 5.68. The Labute approximate surface area is 124 Å². The van der Waals surface area contributed by atoms with Crippen molar-refractivity contribution in [1.29, 1.82) is 0 Å². The van der Waals surface area contributed by atoms with E-state index in [1.54, 1.807) is 6.20 Å². The number of nitrogens with zero attached hydrogens (tertiary/aromatic N) is 4. The van der Waals surface area contributed by atoms with E-state index in [0.717, 1.165) is 6.07 Å². The predicted octanol–water partition coefficient (Wildman–Crippen LogP) is 0.818. The van der Waals surface area contributed by atoms with E-state index in [1.165, 1.54) is 23.0 Å². The lowest BCUT2D eigenvalue weighted by Gasteiger charge is -2.07. The average Bonchev–Trinajstić information content (AvgIpc) is 2.91. The van der Waals surface area contributed by atoms with E-state index in [0.29, 0.717) is 0 Å².